The van der Waals surface area contributed by atoms with Gasteiger partial charge in [-0.15, -0.1) is 5.10 Å². The highest BCUT2D eigenvalue weighted by molar-refractivity contribution is 9.10. The lowest BCUT2D eigenvalue weighted by atomic mass is 9.98. The van der Waals surface area contributed by atoms with Crippen molar-refractivity contribution >= 4 is 21.9 Å². The number of aromatic nitrogens is 3. The fourth-order valence-electron chi connectivity index (χ4n) is 2.97. The number of aliphatic carboxylic acids is 1. The van der Waals surface area contributed by atoms with Crippen LogP contribution < -0.4 is 0 Å². The van der Waals surface area contributed by atoms with Crippen LogP contribution in [0.1, 0.15) is 24.1 Å². The third-order valence-electron chi connectivity index (χ3n) is 4.25. The quantitative estimate of drug-likeness (QED) is 0.885. The first-order valence-electron chi connectivity index (χ1n) is 7.66. The lowest BCUT2D eigenvalue weighted by Gasteiger charge is -2.30. The summed E-state index contributed by atoms with van der Waals surface area (Å²) >= 11 is 3.50. The number of piperidine rings is 1. The first-order chi connectivity index (χ1) is 11.0. The molecule has 2 heterocycles. The number of carboxylic acids is 1. The van der Waals surface area contributed by atoms with Crippen molar-refractivity contribution in [2.45, 2.75) is 26.3 Å². The normalized spacial score (nSPS) is 19.0. The molecule has 1 aliphatic rings. The Morgan fingerprint density at radius 3 is 3.04 bits per heavy atom. The van der Waals surface area contributed by atoms with Gasteiger partial charge in [-0.2, -0.15) is 0 Å². The molecule has 1 saturated heterocycles. The van der Waals surface area contributed by atoms with Crippen LogP contribution in [-0.2, 0) is 11.3 Å². The number of likely N-dealkylation sites (tertiary alicyclic amines) is 1. The molecule has 1 atom stereocenters. The maximum atomic E-state index is 11.2. The van der Waals surface area contributed by atoms with Crippen LogP contribution >= 0.6 is 15.9 Å². The minimum Gasteiger partial charge on any atom is -0.481 e. The molecule has 2 aromatic rings. The van der Waals surface area contributed by atoms with Crippen LogP contribution in [0.25, 0.3) is 5.69 Å². The molecule has 1 aromatic carbocycles. The Labute approximate surface area is 143 Å². The van der Waals surface area contributed by atoms with Crippen LogP contribution in [0.5, 0.6) is 0 Å². The van der Waals surface area contributed by atoms with Gasteiger partial charge < -0.3 is 5.11 Å². The number of carboxylic acid groups (broad SMARTS) is 1. The Balaban J connectivity index is 1.78. The van der Waals surface area contributed by atoms with E-state index in [1.807, 2.05) is 23.7 Å². The number of nitrogens with zero attached hydrogens (tertiary/aromatic N) is 4. The molecular formula is C16H19BrN4O2. The summed E-state index contributed by atoms with van der Waals surface area (Å²) in [7, 11) is 0. The molecule has 3 rings (SSSR count). The molecule has 6 nitrogen and oxygen atoms in total. The van der Waals surface area contributed by atoms with Crippen molar-refractivity contribution in [2.24, 2.45) is 5.92 Å². The van der Waals surface area contributed by atoms with Gasteiger partial charge >= 0.3 is 5.97 Å². The van der Waals surface area contributed by atoms with Gasteiger partial charge in [0.1, 0.15) is 0 Å². The van der Waals surface area contributed by atoms with Gasteiger partial charge in [0.25, 0.3) is 0 Å². The number of hydrogen-bond acceptors (Lipinski definition) is 4. The number of benzene rings is 1. The van der Waals surface area contributed by atoms with Crippen molar-refractivity contribution in [3.05, 3.63) is 40.1 Å². The lowest BCUT2D eigenvalue weighted by Crippen LogP contribution is -2.38. The highest BCUT2D eigenvalue weighted by Gasteiger charge is 2.26. The Hall–Kier alpha value is -1.73. The average molecular weight is 379 g/mol. The van der Waals surface area contributed by atoms with E-state index in [0.717, 1.165) is 40.8 Å². The largest absolute Gasteiger partial charge is 0.481 e. The molecule has 1 unspecified atom stereocenters. The zero-order chi connectivity index (χ0) is 16.4. The van der Waals surface area contributed by atoms with E-state index in [9.17, 15) is 9.90 Å². The summed E-state index contributed by atoms with van der Waals surface area (Å²) in [4.78, 5) is 13.4. The maximum Gasteiger partial charge on any atom is 0.307 e. The van der Waals surface area contributed by atoms with E-state index in [1.54, 1.807) is 6.20 Å². The van der Waals surface area contributed by atoms with Crippen LogP contribution in [0.15, 0.2) is 28.9 Å². The summed E-state index contributed by atoms with van der Waals surface area (Å²) in [5, 5.41) is 17.4. The van der Waals surface area contributed by atoms with Gasteiger partial charge in [-0.25, -0.2) is 4.68 Å². The van der Waals surface area contributed by atoms with E-state index < -0.39 is 5.97 Å². The minimum atomic E-state index is -0.704. The van der Waals surface area contributed by atoms with Gasteiger partial charge in [-0.1, -0.05) is 21.1 Å². The monoisotopic (exact) mass is 378 g/mol. The van der Waals surface area contributed by atoms with Gasteiger partial charge in [0.2, 0.25) is 0 Å². The topological polar surface area (TPSA) is 71.2 Å². The summed E-state index contributed by atoms with van der Waals surface area (Å²) in [6, 6.07) is 6.04. The van der Waals surface area contributed by atoms with Gasteiger partial charge in [-0.3, -0.25) is 9.69 Å². The molecule has 1 fully saturated rings. The van der Waals surface area contributed by atoms with Gasteiger partial charge in [0.15, 0.2) is 0 Å². The number of hydrogen-bond donors (Lipinski definition) is 1. The summed E-state index contributed by atoms with van der Waals surface area (Å²) in [5.41, 5.74) is 3.07. The summed E-state index contributed by atoms with van der Waals surface area (Å²) < 4.78 is 2.88. The van der Waals surface area contributed by atoms with E-state index in [1.165, 1.54) is 0 Å². The van der Waals surface area contributed by atoms with E-state index in [2.05, 4.69) is 37.2 Å². The lowest BCUT2D eigenvalue weighted by molar-refractivity contribution is -0.143. The standard InChI is InChI=1S/C16H19BrN4O2/c1-11-7-13(4-5-15(11)17)21-14(8-18-19-21)10-20-6-2-3-12(9-20)16(22)23/h4-5,7-8,12H,2-3,6,9-10H2,1H3,(H,22,23). The van der Waals surface area contributed by atoms with Crippen molar-refractivity contribution < 1.29 is 9.90 Å². The summed E-state index contributed by atoms with van der Waals surface area (Å²) in [6.45, 7) is 4.19. The molecular weight excluding hydrogens is 360 g/mol. The van der Waals surface area contributed by atoms with Crippen molar-refractivity contribution in [3.63, 3.8) is 0 Å². The van der Waals surface area contributed by atoms with E-state index >= 15 is 0 Å². The Bertz CT molecular complexity index is 716. The van der Waals surface area contributed by atoms with Gasteiger partial charge in [-0.05, 0) is 50.1 Å². The van der Waals surface area contributed by atoms with Crippen LogP contribution in [-0.4, -0.2) is 44.1 Å². The molecule has 0 saturated carbocycles. The van der Waals surface area contributed by atoms with E-state index in [-0.39, 0.29) is 5.92 Å². The molecule has 1 aliphatic heterocycles. The summed E-state index contributed by atoms with van der Waals surface area (Å²) in [6.07, 6.45) is 3.42. The molecule has 122 valence electrons. The van der Waals surface area contributed by atoms with E-state index in [0.29, 0.717) is 13.1 Å². The zero-order valence-corrected chi connectivity index (χ0v) is 14.5. The molecule has 0 bridgehead atoms. The first-order valence-corrected chi connectivity index (χ1v) is 8.45. The SMILES string of the molecule is Cc1cc(-n2nncc2CN2CCCC(C(=O)O)C2)ccc1Br. The number of carbonyl (C=O) groups is 1. The molecule has 0 radical (unpaired) electrons. The minimum absolute atomic E-state index is 0.275. The predicted molar refractivity (Wildman–Crippen MR) is 89.4 cm³/mol. The highest BCUT2D eigenvalue weighted by atomic mass is 79.9. The molecule has 0 spiro atoms. The molecule has 1 N–H and O–H groups in total. The molecule has 23 heavy (non-hydrogen) atoms. The number of rotatable bonds is 4. The Morgan fingerprint density at radius 1 is 1.48 bits per heavy atom. The van der Waals surface area contributed by atoms with Crippen molar-refractivity contribution in [3.8, 4) is 5.69 Å². The van der Waals surface area contributed by atoms with E-state index in [4.69, 9.17) is 0 Å². The highest BCUT2D eigenvalue weighted by Crippen LogP contribution is 2.22. The fourth-order valence-corrected chi connectivity index (χ4v) is 3.22. The average Bonchev–Trinajstić information content (AvgIpc) is 2.98. The Morgan fingerprint density at radius 2 is 2.30 bits per heavy atom. The number of aryl methyl sites for hydroxylation is 1. The van der Waals surface area contributed by atoms with Crippen molar-refractivity contribution in [1.82, 2.24) is 19.9 Å². The van der Waals surface area contributed by atoms with Crippen molar-refractivity contribution in [1.29, 1.82) is 0 Å². The fraction of sp³-hybridized carbons (Fsp3) is 0.438. The third kappa shape index (κ3) is 3.61. The molecule has 1 aromatic heterocycles. The second-order valence-electron chi connectivity index (χ2n) is 5.98. The van der Waals surface area contributed by atoms with Crippen LogP contribution in [0.3, 0.4) is 0 Å². The zero-order valence-electron chi connectivity index (χ0n) is 12.9. The molecule has 7 heteroatoms. The van der Waals surface area contributed by atoms with Crippen LogP contribution in [0.2, 0.25) is 0 Å². The van der Waals surface area contributed by atoms with Crippen molar-refractivity contribution in [2.75, 3.05) is 13.1 Å². The second kappa shape index (κ2) is 6.80. The second-order valence-corrected chi connectivity index (χ2v) is 6.84. The van der Waals surface area contributed by atoms with Gasteiger partial charge in [0, 0.05) is 17.6 Å². The maximum absolute atomic E-state index is 11.2. The predicted octanol–water partition coefficient (Wildman–Crippen LogP) is 2.63. The first kappa shape index (κ1) is 16.1. The smallest absolute Gasteiger partial charge is 0.307 e. The number of halogens is 1. The molecule has 0 aliphatic carbocycles. The van der Waals surface area contributed by atoms with Gasteiger partial charge in [0.05, 0.1) is 23.5 Å². The van der Waals surface area contributed by atoms with Crippen LogP contribution in [0, 0.1) is 12.8 Å². The third-order valence-corrected chi connectivity index (χ3v) is 5.14. The molecule has 0 amide bonds. The summed E-state index contributed by atoms with van der Waals surface area (Å²) in [5.74, 6) is -0.979. The van der Waals surface area contributed by atoms with Crippen LogP contribution in [0.4, 0.5) is 0 Å². The Kier molecular flexibility index (Phi) is 4.77.